The van der Waals surface area contributed by atoms with Crippen LogP contribution in [-0.2, 0) is 0 Å². The average molecular weight is 259 g/mol. The molecule has 2 heterocycles. The maximum absolute atomic E-state index is 5.26. The minimum absolute atomic E-state index is 1.10. The van der Waals surface area contributed by atoms with Crippen LogP contribution in [0.15, 0.2) is 77.6 Å². The van der Waals surface area contributed by atoms with Crippen molar-refractivity contribution in [3.05, 3.63) is 73.2 Å². The molecule has 96 valence electrons. The van der Waals surface area contributed by atoms with Gasteiger partial charge in [-0.05, 0) is 17.7 Å². The fourth-order valence-electron chi connectivity index (χ4n) is 2.67. The molecule has 4 rings (SSSR count). The lowest BCUT2D eigenvalue weighted by molar-refractivity contribution is 0.568. The van der Waals surface area contributed by atoms with Gasteiger partial charge >= 0.3 is 0 Å². The summed E-state index contributed by atoms with van der Waals surface area (Å²) in [6.45, 7) is 0. The lowest BCUT2D eigenvalue weighted by atomic mass is 10.0. The van der Waals surface area contributed by atoms with Crippen LogP contribution in [0.5, 0.6) is 0 Å². The zero-order valence-electron chi connectivity index (χ0n) is 10.8. The van der Waals surface area contributed by atoms with E-state index in [4.69, 9.17) is 4.42 Å². The van der Waals surface area contributed by atoms with Crippen LogP contribution < -0.4 is 0 Å². The van der Waals surface area contributed by atoms with Crippen molar-refractivity contribution >= 4 is 10.9 Å². The van der Waals surface area contributed by atoms with Crippen LogP contribution in [-0.4, -0.2) is 4.98 Å². The quantitative estimate of drug-likeness (QED) is 0.533. The lowest BCUT2D eigenvalue weighted by Gasteiger charge is -2.02. The Morgan fingerprint density at radius 1 is 0.750 bits per heavy atom. The summed E-state index contributed by atoms with van der Waals surface area (Å²) in [7, 11) is 0. The number of nitrogens with one attached hydrogen (secondary N) is 1. The summed E-state index contributed by atoms with van der Waals surface area (Å²) < 4.78 is 5.26. The van der Waals surface area contributed by atoms with Gasteiger partial charge in [-0.3, -0.25) is 0 Å². The molecule has 0 aliphatic heterocycles. The van der Waals surface area contributed by atoms with Crippen LogP contribution in [0, 0.1) is 0 Å². The predicted molar refractivity (Wildman–Crippen MR) is 81.4 cm³/mol. The van der Waals surface area contributed by atoms with E-state index in [1.165, 1.54) is 16.5 Å². The van der Waals surface area contributed by atoms with E-state index in [1.807, 2.05) is 18.2 Å². The molecule has 2 nitrogen and oxygen atoms in total. The molecule has 20 heavy (non-hydrogen) atoms. The predicted octanol–water partition coefficient (Wildman–Crippen LogP) is 5.09. The van der Waals surface area contributed by atoms with Crippen molar-refractivity contribution in [1.29, 1.82) is 0 Å². The van der Waals surface area contributed by atoms with Crippen molar-refractivity contribution in [3.63, 3.8) is 0 Å². The normalized spacial score (nSPS) is 11.0. The number of benzene rings is 2. The van der Waals surface area contributed by atoms with Crippen molar-refractivity contribution in [2.24, 2.45) is 0 Å². The minimum Gasteiger partial charge on any atom is -0.472 e. The lowest BCUT2D eigenvalue weighted by Crippen LogP contribution is -1.80. The van der Waals surface area contributed by atoms with Gasteiger partial charge in [-0.1, -0.05) is 48.5 Å². The highest BCUT2D eigenvalue weighted by Gasteiger charge is 2.15. The van der Waals surface area contributed by atoms with Gasteiger partial charge in [-0.15, -0.1) is 0 Å². The molecular formula is C18H13NO. The fraction of sp³-hybridized carbons (Fsp3) is 0. The zero-order valence-corrected chi connectivity index (χ0v) is 10.8. The SMILES string of the molecule is c1ccc(-c2[nH]c3ccccc3c2-c2ccoc2)cc1. The first-order chi connectivity index (χ1) is 9.93. The summed E-state index contributed by atoms with van der Waals surface area (Å²) >= 11 is 0. The first kappa shape index (κ1) is 11.1. The van der Waals surface area contributed by atoms with Gasteiger partial charge < -0.3 is 9.40 Å². The maximum Gasteiger partial charge on any atom is 0.0981 e. The smallest absolute Gasteiger partial charge is 0.0981 e. The van der Waals surface area contributed by atoms with Crippen LogP contribution in [0.25, 0.3) is 33.3 Å². The van der Waals surface area contributed by atoms with E-state index in [-0.39, 0.29) is 0 Å². The highest BCUT2D eigenvalue weighted by molar-refractivity contribution is 6.03. The summed E-state index contributed by atoms with van der Waals surface area (Å²) in [5.41, 5.74) is 5.75. The Morgan fingerprint density at radius 2 is 1.55 bits per heavy atom. The second-order valence-corrected chi connectivity index (χ2v) is 4.80. The van der Waals surface area contributed by atoms with Gasteiger partial charge in [0, 0.05) is 22.0 Å². The number of fused-ring (bicyclic) bond motifs is 1. The molecule has 0 amide bonds. The molecule has 0 saturated carbocycles. The monoisotopic (exact) mass is 259 g/mol. The molecule has 4 aromatic rings. The number of aromatic nitrogens is 1. The van der Waals surface area contributed by atoms with E-state index in [9.17, 15) is 0 Å². The molecule has 0 radical (unpaired) electrons. The molecular weight excluding hydrogens is 246 g/mol. The van der Waals surface area contributed by atoms with Crippen LogP contribution in [0.4, 0.5) is 0 Å². The Balaban J connectivity index is 2.08. The first-order valence-corrected chi connectivity index (χ1v) is 6.62. The number of furan rings is 1. The van der Waals surface area contributed by atoms with Crippen molar-refractivity contribution in [2.75, 3.05) is 0 Å². The molecule has 0 bridgehead atoms. The second kappa shape index (κ2) is 4.42. The highest BCUT2D eigenvalue weighted by atomic mass is 16.3. The molecule has 0 aliphatic carbocycles. The van der Waals surface area contributed by atoms with E-state index < -0.39 is 0 Å². The van der Waals surface area contributed by atoms with E-state index in [2.05, 4.69) is 47.4 Å². The van der Waals surface area contributed by atoms with Crippen molar-refractivity contribution < 1.29 is 4.42 Å². The Morgan fingerprint density at radius 3 is 2.35 bits per heavy atom. The molecule has 0 atom stereocenters. The van der Waals surface area contributed by atoms with Gasteiger partial charge in [-0.25, -0.2) is 0 Å². The average Bonchev–Trinajstić information content (AvgIpc) is 3.14. The van der Waals surface area contributed by atoms with Gasteiger partial charge in [-0.2, -0.15) is 0 Å². The van der Waals surface area contributed by atoms with Crippen molar-refractivity contribution in [3.8, 4) is 22.4 Å². The number of H-pyrrole nitrogens is 1. The molecule has 0 unspecified atom stereocenters. The molecule has 2 aromatic carbocycles. The molecule has 0 spiro atoms. The van der Waals surface area contributed by atoms with E-state index >= 15 is 0 Å². The number of para-hydroxylation sites is 1. The topological polar surface area (TPSA) is 28.9 Å². The number of aromatic amines is 1. The minimum atomic E-state index is 1.10. The molecule has 0 fully saturated rings. The maximum atomic E-state index is 5.26. The van der Waals surface area contributed by atoms with Crippen LogP contribution in [0.1, 0.15) is 0 Å². The van der Waals surface area contributed by atoms with Crippen molar-refractivity contribution in [1.82, 2.24) is 4.98 Å². The Kier molecular flexibility index (Phi) is 2.46. The summed E-state index contributed by atoms with van der Waals surface area (Å²) in [5.74, 6) is 0. The third kappa shape index (κ3) is 1.66. The Bertz CT molecular complexity index is 842. The number of hydrogen-bond acceptors (Lipinski definition) is 1. The third-order valence-corrected chi connectivity index (χ3v) is 3.58. The largest absolute Gasteiger partial charge is 0.472 e. The molecule has 0 saturated heterocycles. The standard InChI is InChI=1S/C18H13NO/c1-2-6-13(7-3-1)18-17(14-10-11-20-12-14)15-8-4-5-9-16(15)19-18/h1-12,19H. The number of rotatable bonds is 2. The number of hydrogen-bond donors (Lipinski definition) is 1. The van der Waals surface area contributed by atoms with E-state index in [0.717, 1.165) is 16.8 Å². The van der Waals surface area contributed by atoms with Crippen LogP contribution in [0.2, 0.25) is 0 Å². The molecule has 1 N–H and O–H groups in total. The van der Waals surface area contributed by atoms with Crippen LogP contribution >= 0.6 is 0 Å². The van der Waals surface area contributed by atoms with Gasteiger partial charge in [0.25, 0.3) is 0 Å². The van der Waals surface area contributed by atoms with Gasteiger partial charge in [0.15, 0.2) is 0 Å². The summed E-state index contributed by atoms with van der Waals surface area (Å²) in [6, 6.07) is 20.7. The van der Waals surface area contributed by atoms with Gasteiger partial charge in [0.1, 0.15) is 0 Å². The van der Waals surface area contributed by atoms with E-state index in [1.54, 1.807) is 12.5 Å². The molecule has 2 aromatic heterocycles. The highest BCUT2D eigenvalue weighted by Crippen LogP contribution is 2.38. The molecule has 0 aliphatic rings. The van der Waals surface area contributed by atoms with E-state index in [0.29, 0.717) is 0 Å². The summed E-state index contributed by atoms with van der Waals surface area (Å²) in [5, 5.41) is 1.22. The summed E-state index contributed by atoms with van der Waals surface area (Å²) in [4.78, 5) is 3.53. The van der Waals surface area contributed by atoms with Crippen molar-refractivity contribution in [2.45, 2.75) is 0 Å². The fourth-order valence-corrected chi connectivity index (χ4v) is 2.67. The summed E-state index contributed by atoms with van der Waals surface area (Å²) in [6.07, 6.45) is 3.51. The van der Waals surface area contributed by atoms with Gasteiger partial charge in [0.2, 0.25) is 0 Å². The zero-order chi connectivity index (χ0) is 13.4. The van der Waals surface area contributed by atoms with Crippen LogP contribution in [0.3, 0.4) is 0 Å². The second-order valence-electron chi connectivity index (χ2n) is 4.80. The van der Waals surface area contributed by atoms with Gasteiger partial charge in [0.05, 0.1) is 18.2 Å². The third-order valence-electron chi connectivity index (χ3n) is 3.58. The Labute approximate surface area is 116 Å². The molecule has 2 heteroatoms. The Hall–Kier alpha value is -2.74. The first-order valence-electron chi connectivity index (χ1n) is 6.62.